The molecule has 0 aliphatic heterocycles. The number of hydrogen-bond acceptors (Lipinski definition) is 5. The van der Waals surface area contributed by atoms with Crippen molar-refractivity contribution in [2.24, 2.45) is 0 Å². The van der Waals surface area contributed by atoms with Gasteiger partial charge in [0.15, 0.2) is 0 Å². The standard InChI is InChI=1S/C24H26Cl2N4O/c1-31-20-16-17-6-4-11-27-22(17)24-21(20)23(18-7-2-3-8-19(18)29-24)28-12-5-13-30(14-9-25)15-10-26/h2-4,6-8,11,16H,5,9-10,12-15H2,1H3,(H,28,29). The van der Waals surface area contributed by atoms with Gasteiger partial charge in [-0.3, -0.25) is 4.98 Å². The summed E-state index contributed by atoms with van der Waals surface area (Å²) >= 11 is 11.9. The maximum atomic E-state index is 5.93. The van der Waals surface area contributed by atoms with Crippen molar-refractivity contribution in [1.29, 1.82) is 0 Å². The second-order valence-corrected chi connectivity index (χ2v) is 8.14. The lowest BCUT2D eigenvalue weighted by atomic mass is 10.0. The molecule has 1 N–H and O–H groups in total. The fourth-order valence-electron chi connectivity index (χ4n) is 4.00. The highest BCUT2D eigenvalue weighted by Crippen LogP contribution is 2.40. The van der Waals surface area contributed by atoms with Gasteiger partial charge in [0.2, 0.25) is 0 Å². The molecule has 0 saturated carbocycles. The van der Waals surface area contributed by atoms with Gasteiger partial charge in [0.1, 0.15) is 11.3 Å². The summed E-state index contributed by atoms with van der Waals surface area (Å²) in [5.74, 6) is 2.02. The largest absolute Gasteiger partial charge is 0.496 e. The third-order valence-corrected chi connectivity index (χ3v) is 5.80. The minimum Gasteiger partial charge on any atom is -0.496 e. The molecule has 4 aromatic rings. The number of hydrogen-bond donors (Lipinski definition) is 1. The zero-order valence-electron chi connectivity index (χ0n) is 17.6. The molecule has 0 amide bonds. The summed E-state index contributed by atoms with van der Waals surface area (Å²) < 4.78 is 5.79. The van der Waals surface area contributed by atoms with E-state index < -0.39 is 0 Å². The molecule has 4 rings (SSSR count). The number of ether oxygens (including phenoxy) is 1. The number of rotatable bonds is 10. The maximum absolute atomic E-state index is 5.93. The quantitative estimate of drug-likeness (QED) is 0.147. The van der Waals surface area contributed by atoms with Crippen molar-refractivity contribution in [2.45, 2.75) is 6.42 Å². The van der Waals surface area contributed by atoms with Gasteiger partial charge in [-0.15, -0.1) is 23.2 Å². The molecule has 162 valence electrons. The molecule has 31 heavy (non-hydrogen) atoms. The summed E-state index contributed by atoms with van der Waals surface area (Å²) in [7, 11) is 1.70. The number of nitrogens with zero attached hydrogens (tertiary/aromatic N) is 3. The van der Waals surface area contributed by atoms with Gasteiger partial charge in [-0.2, -0.15) is 0 Å². The van der Waals surface area contributed by atoms with Gasteiger partial charge in [0.05, 0.1) is 29.2 Å². The molecule has 0 unspecified atom stereocenters. The topological polar surface area (TPSA) is 50.3 Å². The van der Waals surface area contributed by atoms with Gasteiger partial charge >= 0.3 is 0 Å². The number of alkyl halides is 2. The Hall–Kier alpha value is -2.34. The number of nitrogens with one attached hydrogen (secondary N) is 1. The van der Waals surface area contributed by atoms with Crippen molar-refractivity contribution in [1.82, 2.24) is 14.9 Å². The average Bonchev–Trinajstić information content (AvgIpc) is 2.80. The highest BCUT2D eigenvalue weighted by Gasteiger charge is 2.17. The van der Waals surface area contributed by atoms with Crippen LogP contribution in [0.5, 0.6) is 5.75 Å². The predicted octanol–water partition coefficient (Wildman–Crippen LogP) is 5.53. The molecule has 0 bridgehead atoms. The minimum absolute atomic E-state index is 0.612. The SMILES string of the molecule is COc1cc2cccnc2c2nc3ccccc3c(NCCCN(CCCl)CCCl)c12. The molecule has 0 spiro atoms. The van der Waals surface area contributed by atoms with Gasteiger partial charge < -0.3 is 15.0 Å². The average molecular weight is 457 g/mol. The lowest BCUT2D eigenvalue weighted by Crippen LogP contribution is -2.30. The molecule has 2 aromatic carbocycles. The maximum Gasteiger partial charge on any atom is 0.131 e. The van der Waals surface area contributed by atoms with Gasteiger partial charge in [0.25, 0.3) is 0 Å². The van der Waals surface area contributed by atoms with Crippen molar-refractivity contribution in [3.05, 3.63) is 48.7 Å². The van der Waals surface area contributed by atoms with E-state index in [4.69, 9.17) is 32.9 Å². The van der Waals surface area contributed by atoms with E-state index in [9.17, 15) is 0 Å². The van der Waals surface area contributed by atoms with E-state index in [1.54, 1.807) is 13.3 Å². The van der Waals surface area contributed by atoms with Crippen LogP contribution in [-0.4, -0.2) is 59.9 Å². The number of pyridine rings is 2. The summed E-state index contributed by atoms with van der Waals surface area (Å²) in [4.78, 5) is 11.9. The van der Waals surface area contributed by atoms with Gasteiger partial charge in [0, 0.05) is 48.4 Å². The highest BCUT2D eigenvalue weighted by atomic mass is 35.5. The Labute approximate surface area is 192 Å². The van der Waals surface area contributed by atoms with Gasteiger partial charge in [-0.25, -0.2) is 4.98 Å². The zero-order valence-corrected chi connectivity index (χ0v) is 19.1. The Morgan fingerprint density at radius 3 is 2.58 bits per heavy atom. The number of aromatic nitrogens is 2. The lowest BCUT2D eigenvalue weighted by molar-refractivity contribution is 0.306. The van der Waals surface area contributed by atoms with Crippen LogP contribution in [0.15, 0.2) is 48.7 Å². The Balaban J connectivity index is 1.74. The van der Waals surface area contributed by atoms with E-state index in [0.717, 1.165) is 76.7 Å². The number of anilines is 1. The van der Waals surface area contributed by atoms with Crippen LogP contribution in [0.2, 0.25) is 0 Å². The first-order valence-electron chi connectivity index (χ1n) is 10.5. The summed E-state index contributed by atoms with van der Waals surface area (Å²) in [6.45, 7) is 3.45. The van der Waals surface area contributed by atoms with E-state index >= 15 is 0 Å². The van der Waals surface area contributed by atoms with Crippen molar-refractivity contribution in [3.8, 4) is 5.75 Å². The number of halogens is 2. The number of methoxy groups -OCH3 is 1. The molecular formula is C24H26Cl2N4O. The van der Waals surface area contributed by atoms with Crippen molar-refractivity contribution in [3.63, 3.8) is 0 Å². The Bertz CT molecular complexity index is 1180. The van der Waals surface area contributed by atoms with Gasteiger partial charge in [-0.1, -0.05) is 24.3 Å². The normalized spacial score (nSPS) is 11.6. The summed E-state index contributed by atoms with van der Waals surface area (Å²) in [6, 6.07) is 14.2. The molecule has 0 aliphatic rings. The fraction of sp³-hybridized carbons (Fsp3) is 0.333. The molecule has 2 heterocycles. The smallest absolute Gasteiger partial charge is 0.131 e. The van der Waals surface area contributed by atoms with E-state index in [-0.39, 0.29) is 0 Å². The van der Waals surface area contributed by atoms with Crippen LogP contribution < -0.4 is 10.1 Å². The monoisotopic (exact) mass is 456 g/mol. The second kappa shape index (κ2) is 10.3. The van der Waals surface area contributed by atoms with Gasteiger partial charge in [-0.05, 0) is 31.2 Å². The van der Waals surface area contributed by atoms with Crippen LogP contribution >= 0.6 is 23.2 Å². The number of para-hydroxylation sites is 1. The van der Waals surface area contributed by atoms with Crippen LogP contribution in [0.4, 0.5) is 5.69 Å². The number of fused-ring (bicyclic) bond motifs is 4. The van der Waals surface area contributed by atoms with Crippen molar-refractivity contribution < 1.29 is 4.74 Å². The van der Waals surface area contributed by atoms with E-state index in [0.29, 0.717) is 11.8 Å². The molecular weight excluding hydrogens is 431 g/mol. The van der Waals surface area contributed by atoms with Crippen LogP contribution in [-0.2, 0) is 0 Å². The summed E-state index contributed by atoms with van der Waals surface area (Å²) in [5.41, 5.74) is 3.69. The zero-order chi connectivity index (χ0) is 21.6. The Kier molecular flexibility index (Phi) is 7.28. The predicted molar refractivity (Wildman–Crippen MR) is 132 cm³/mol. The van der Waals surface area contributed by atoms with E-state index in [1.165, 1.54) is 0 Å². The fourth-order valence-corrected chi connectivity index (χ4v) is 4.48. The van der Waals surface area contributed by atoms with Crippen molar-refractivity contribution >= 4 is 61.6 Å². The molecule has 0 fully saturated rings. The minimum atomic E-state index is 0.612. The lowest BCUT2D eigenvalue weighted by Gasteiger charge is -2.21. The molecule has 0 aliphatic carbocycles. The highest BCUT2D eigenvalue weighted by molar-refractivity contribution is 6.18. The third kappa shape index (κ3) is 4.64. The van der Waals surface area contributed by atoms with Crippen LogP contribution in [0.25, 0.3) is 32.7 Å². The van der Waals surface area contributed by atoms with Crippen LogP contribution in [0.1, 0.15) is 6.42 Å². The Morgan fingerprint density at radius 2 is 1.81 bits per heavy atom. The molecule has 0 atom stereocenters. The molecule has 0 radical (unpaired) electrons. The summed E-state index contributed by atoms with van der Waals surface area (Å²) in [6.07, 6.45) is 2.78. The van der Waals surface area contributed by atoms with E-state index in [2.05, 4.69) is 21.3 Å². The van der Waals surface area contributed by atoms with Crippen molar-refractivity contribution in [2.75, 3.05) is 50.4 Å². The summed E-state index contributed by atoms with van der Waals surface area (Å²) in [5, 5.41) is 6.72. The van der Waals surface area contributed by atoms with Crippen LogP contribution in [0, 0.1) is 0 Å². The molecule has 0 saturated heterocycles. The number of benzene rings is 2. The van der Waals surface area contributed by atoms with E-state index in [1.807, 2.05) is 36.4 Å². The second-order valence-electron chi connectivity index (χ2n) is 7.38. The van der Waals surface area contributed by atoms with Crippen LogP contribution in [0.3, 0.4) is 0 Å². The first kappa shape index (κ1) is 21.9. The first-order valence-corrected chi connectivity index (χ1v) is 11.6. The first-order chi connectivity index (χ1) is 15.3. The molecule has 7 heteroatoms. The molecule has 2 aromatic heterocycles. The Morgan fingerprint density at radius 1 is 1.00 bits per heavy atom. The molecule has 5 nitrogen and oxygen atoms in total. The third-order valence-electron chi connectivity index (χ3n) is 5.46.